The van der Waals surface area contributed by atoms with E-state index in [1.54, 1.807) is 35.0 Å². The minimum absolute atomic E-state index is 0.0330. The summed E-state index contributed by atoms with van der Waals surface area (Å²) in [6.45, 7) is -1.16. The van der Waals surface area contributed by atoms with Crippen molar-refractivity contribution < 1.29 is 27.5 Å². The molecule has 6 nitrogen and oxygen atoms in total. The zero-order chi connectivity index (χ0) is 23.1. The first-order valence-electron chi connectivity index (χ1n) is 9.24. The highest BCUT2D eigenvalue weighted by Crippen LogP contribution is 2.19. The summed E-state index contributed by atoms with van der Waals surface area (Å²) in [4.78, 5) is 28.3. The fourth-order valence-corrected chi connectivity index (χ4v) is 3.36. The molecule has 0 aliphatic carbocycles. The van der Waals surface area contributed by atoms with E-state index in [2.05, 4.69) is 10.3 Å². The number of anilines is 1. The molecule has 0 saturated carbocycles. The zero-order valence-electron chi connectivity index (χ0n) is 16.4. The topological polar surface area (TPSA) is 80.3 Å². The van der Waals surface area contributed by atoms with Crippen LogP contribution in [0, 0.1) is 0 Å². The highest BCUT2D eigenvalue weighted by molar-refractivity contribution is 7.09. The van der Waals surface area contributed by atoms with Crippen LogP contribution in [0.4, 0.5) is 18.9 Å². The van der Waals surface area contributed by atoms with Crippen molar-refractivity contribution >= 4 is 40.4 Å². The van der Waals surface area contributed by atoms with Gasteiger partial charge in [0.25, 0.3) is 5.91 Å². The van der Waals surface area contributed by atoms with Crippen LogP contribution in [0.15, 0.2) is 53.9 Å². The number of nitrogens with zero attached hydrogens (tertiary/aromatic N) is 1. The van der Waals surface area contributed by atoms with Gasteiger partial charge in [0.2, 0.25) is 5.91 Å². The summed E-state index contributed by atoms with van der Waals surface area (Å²) in [5.74, 6) is -0.523. The van der Waals surface area contributed by atoms with Gasteiger partial charge in [-0.1, -0.05) is 11.6 Å². The Morgan fingerprint density at radius 3 is 2.41 bits per heavy atom. The fourth-order valence-electron chi connectivity index (χ4n) is 2.53. The van der Waals surface area contributed by atoms with Crippen LogP contribution < -0.4 is 15.4 Å². The molecule has 3 aromatic rings. The van der Waals surface area contributed by atoms with E-state index in [-0.39, 0.29) is 24.5 Å². The molecule has 0 aliphatic heterocycles. The molecule has 2 N–H and O–H groups in total. The summed E-state index contributed by atoms with van der Waals surface area (Å²) in [5, 5.41) is 7.51. The van der Waals surface area contributed by atoms with Crippen LogP contribution in [0.3, 0.4) is 0 Å². The Morgan fingerprint density at radius 1 is 1.06 bits per heavy atom. The minimum Gasteiger partial charge on any atom is -0.486 e. The van der Waals surface area contributed by atoms with Crippen molar-refractivity contribution in [1.82, 2.24) is 10.3 Å². The second-order valence-corrected chi connectivity index (χ2v) is 7.95. The van der Waals surface area contributed by atoms with Crippen LogP contribution in [-0.4, -0.2) is 29.5 Å². The molecule has 2 amide bonds. The van der Waals surface area contributed by atoms with Crippen LogP contribution in [-0.2, 0) is 17.8 Å². The number of nitrogens with one attached hydrogen (secondary N) is 2. The second-order valence-electron chi connectivity index (χ2n) is 6.58. The third kappa shape index (κ3) is 7.54. The van der Waals surface area contributed by atoms with Crippen molar-refractivity contribution in [3.63, 3.8) is 0 Å². The molecule has 0 unspecified atom stereocenters. The van der Waals surface area contributed by atoms with Gasteiger partial charge in [0.15, 0.2) is 0 Å². The van der Waals surface area contributed by atoms with Crippen LogP contribution in [0.2, 0.25) is 5.02 Å². The SMILES string of the molecule is O=C(Cc1csc(COc2ccc(Cl)cc2)n1)Nc1ccc(C(=O)NCC(F)(F)F)cc1. The standard InChI is InChI=1S/C21H17ClF3N3O3S/c22-14-3-7-17(8-4-14)31-10-19-28-16(11-32-19)9-18(29)27-15-5-1-13(2-6-15)20(30)26-12-21(23,24)25/h1-8,11H,9-10,12H2,(H,26,30)(H,27,29). The number of amides is 2. The van der Waals surface area contributed by atoms with Crippen LogP contribution >= 0.6 is 22.9 Å². The quantitative estimate of drug-likeness (QED) is 0.480. The van der Waals surface area contributed by atoms with E-state index in [0.717, 1.165) is 0 Å². The van der Waals surface area contributed by atoms with E-state index in [1.807, 2.05) is 0 Å². The predicted octanol–water partition coefficient (Wildman–Crippen LogP) is 4.85. The fraction of sp³-hybridized carbons (Fsp3) is 0.190. The first-order chi connectivity index (χ1) is 15.2. The molecule has 11 heteroatoms. The zero-order valence-corrected chi connectivity index (χ0v) is 18.0. The second kappa shape index (κ2) is 10.5. The number of benzene rings is 2. The molecule has 0 aliphatic rings. The molecule has 168 valence electrons. The molecule has 0 atom stereocenters. The summed E-state index contributed by atoms with van der Waals surface area (Å²) in [5.41, 5.74) is 1.03. The van der Waals surface area contributed by atoms with E-state index in [4.69, 9.17) is 16.3 Å². The molecular weight excluding hydrogens is 467 g/mol. The average Bonchev–Trinajstić information content (AvgIpc) is 3.18. The first kappa shape index (κ1) is 23.6. The number of thiazole rings is 1. The number of alkyl halides is 3. The molecule has 1 aromatic heterocycles. The molecule has 3 rings (SSSR count). The number of hydrogen-bond acceptors (Lipinski definition) is 5. The lowest BCUT2D eigenvalue weighted by molar-refractivity contribution is -0.123. The van der Waals surface area contributed by atoms with Crippen molar-refractivity contribution in [3.8, 4) is 5.75 Å². The summed E-state index contributed by atoms with van der Waals surface area (Å²) >= 11 is 7.19. The van der Waals surface area contributed by atoms with Gasteiger partial charge in [-0.15, -0.1) is 11.3 Å². The van der Waals surface area contributed by atoms with Crippen molar-refractivity contribution in [1.29, 1.82) is 0 Å². The van der Waals surface area contributed by atoms with Gasteiger partial charge in [0.05, 0.1) is 12.1 Å². The maximum atomic E-state index is 12.2. The van der Waals surface area contributed by atoms with Gasteiger partial charge in [-0.2, -0.15) is 13.2 Å². The van der Waals surface area contributed by atoms with E-state index < -0.39 is 18.6 Å². The molecule has 0 bridgehead atoms. The van der Waals surface area contributed by atoms with E-state index in [9.17, 15) is 22.8 Å². The molecular formula is C21H17ClF3N3O3S. The Kier molecular flexibility index (Phi) is 7.70. The molecule has 0 spiro atoms. The Labute approximate surface area is 190 Å². The lowest BCUT2D eigenvalue weighted by Gasteiger charge is -2.09. The van der Waals surface area contributed by atoms with Gasteiger partial charge in [-0.25, -0.2) is 4.98 Å². The van der Waals surface area contributed by atoms with Crippen LogP contribution in [0.25, 0.3) is 0 Å². The van der Waals surface area contributed by atoms with Gasteiger partial charge < -0.3 is 15.4 Å². The largest absolute Gasteiger partial charge is 0.486 e. The van der Waals surface area contributed by atoms with Crippen LogP contribution in [0.1, 0.15) is 21.1 Å². The van der Waals surface area contributed by atoms with E-state index in [1.165, 1.54) is 35.6 Å². The number of rotatable bonds is 8. The maximum absolute atomic E-state index is 12.2. The van der Waals surface area contributed by atoms with Gasteiger partial charge in [-0.05, 0) is 48.5 Å². The molecule has 1 heterocycles. The summed E-state index contributed by atoms with van der Waals surface area (Å²) < 4.78 is 42.1. The van der Waals surface area contributed by atoms with Crippen molar-refractivity contribution in [2.24, 2.45) is 0 Å². The van der Waals surface area contributed by atoms with Gasteiger partial charge in [-0.3, -0.25) is 9.59 Å². The van der Waals surface area contributed by atoms with Crippen LogP contribution in [0.5, 0.6) is 5.75 Å². The lowest BCUT2D eigenvalue weighted by atomic mass is 10.2. The van der Waals surface area contributed by atoms with E-state index in [0.29, 0.717) is 27.2 Å². The highest BCUT2D eigenvalue weighted by atomic mass is 35.5. The van der Waals surface area contributed by atoms with Crippen molar-refractivity contribution in [2.75, 3.05) is 11.9 Å². The number of hydrogen-bond donors (Lipinski definition) is 2. The minimum atomic E-state index is -4.49. The third-order valence-electron chi connectivity index (χ3n) is 4.00. The third-order valence-corrected chi connectivity index (χ3v) is 5.12. The highest BCUT2D eigenvalue weighted by Gasteiger charge is 2.27. The van der Waals surface area contributed by atoms with Gasteiger partial charge >= 0.3 is 6.18 Å². The van der Waals surface area contributed by atoms with Crippen molar-refractivity contribution in [3.05, 3.63) is 75.2 Å². The number of carbonyl (C=O) groups excluding carboxylic acids is 2. The summed E-state index contributed by atoms with van der Waals surface area (Å²) in [6.07, 6.45) is -4.45. The lowest BCUT2D eigenvalue weighted by Crippen LogP contribution is -2.33. The number of halogens is 4. The monoisotopic (exact) mass is 483 g/mol. The Balaban J connectivity index is 1.47. The average molecular weight is 484 g/mol. The normalized spacial score (nSPS) is 11.1. The summed E-state index contributed by atoms with van der Waals surface area (Å²) in [6, 6.07) is 12.5. The maximum Gasteiger partial charge on any atom is 0.405 e. The van der Waals surface area contributed by atoms with E-state index >= 15 is 0 Å². The number of carbonyl (C=O) groups is 2. The van der Waals surface area contributed by atoms with Gasteiger partial charge in [0.1, 0.15) is 23.9 Å². The van der Waals surface area contributed by atoms with Crippen molar-refractivity contribution in [2.45, 2.75) is 19.2 Å². The number of aromatic nitrogens is 1. The Bertz CT molecular complexity index is 1070. The molecule has 0 radical (unpaired) electrons. The molecule has 0 fully saturated rings. The molecule has 32 heavy (non-hydrogen) atoms. The summed E-state index contributed by atoms with van der Waals surface area (Å²) in [7, 11) is 0. The molecule has 2 aromatic carbocycles. The molecule has 0 saturated heterocycles. The van der Waals surface area contributed by atoms with Gasteiger partial charge in [0, 0.05) is 21.7 Å². The number of ether oxygens (including phenoxy) is 1. The predicted molar refractivity (Wildman–Crippen MR) is 115 cm³/mol. The Morgan fingerprint density at radius 2 is 1.75 bits per heavy atom. The Hall–Kier alpha value is -3.11. The first-order valence-corrected chi connectivity index (χ1v) is 10.5. The smallest absolute Gasteiger partial charge is 0.405 e.